The van der Waals surface area contributed by atoms with Crippen LogP contribution in [-0.2, 0) is 11.3 Å². The van der Waals surface area contributed by atoms with Gasteiger partial charge in [-0.05, 0) is 87.4 Å². The maximum atomic E-state index is 13.1. The van der Waals surface area contributed by atoms with Crippen molar-refractivity contribution >= 4 is 5.78 Å². The van der Waals surface area contributed by atoms with E-state index in [0.717, 1.165) is 43.9 Å². The minimum Gasteiger partial charge on any atom is -0.390 e. The molecular weight excluding hydrogens is 374 g/mol. The number of aromatic nitrogens is 3. The lowest BCUT2D eigenvalue weighted by molar-refractivity contribution is -0.130. The van der Waals surface area contributed by atoms with Crippen LogP contribution in [0.15, 0.2) is 12.4 Å². The molecule has 1 N–H and O–H groups in total. The minimum absolute atomic E-state index is 0.158. The molecule has 0 aromatic carbocycles. The average Bonchev–Trinajstić information content (AvgIpc) is 3.33. The molecule has 3 fully saturated rings. The largest absolute Gasteiger partial charge is 0.390 e. The lowest BCUT2D eigenvalue weighted by atomic mass is 9.53. The Morgan fingerprint density at radius 2 is 1.97 bits per heavy atom. The van der Waals surface area contributed by atoms with Crippen LogP contribution in [0, 0.1) is 35.0 Å². The highest BCUT2D eigenvalue weighted by molar-refractivity contribution is 5.81. The van der Waals surface area contributed by atoms with Crippen molar-refractivity contribution in [3.63, 3.8) is 0 Å². The predicted molar refractivity (Wildman–Crippen MR) is 118 cm³/mol. The summed E-state index contributed by atoms with van der Waals surface area (Å²) < 4.78 is 0. The minimum atomic E-state index is -0.498. The van der Waals surface area contributed by atoms with Gasteiger partial charge >= 0.3 is 0 Å². The van der Waals surface area contributed by atoms with E-state index in [9.17, 15) is 9.90 Å². The third kappa shape index (κ3) is 4.37. The van der Waals surface area contributed by atoms with Gasteiger partial charge in [-0.3, -0.25) is 4.79 Å². The smallest absolute Gasteiger partial charge is 0.159 e. The lowest BCUT2D eigenvalue weighted by Crippen LogP contribution is -2.46. The predicted octanol–water partition coefficient (Wildman–Crippen LogP) is 5.04. The number of carbonyl (C=O) groups is 1. The highest BCUT2D eigenvalue weighted by Crippen LogP contribution is 2.62. The Hall–Kier alpha value is -1.23. The monoisotopic (exact) mass is 415 g/mol. The third-order valence-corrected chi connectivity index (χ3v) is 9.08. The molecule has 4 rings (SSSR count). The first-order valence-electron chi connectivity index (χ1n) is 12.4. The molecular formula is C25H41N3O2. The second kappa shape index (κ2) is 8.72. The second-order valence-corrected chi connectivity index (χ2v) is 11.2. The fourth-order valence-corrected chi connectivity index (χ4v) is 7.64. The molecule has 0 spiro atoms. The van der Waals surface area contributed by atoms with Gasteiger partial charge in [0.15, 0.2) is 5.78 Å². The van der Waals surface area contributed by atoms with E-state index >= 15 is 0 Å². The zero-order valence-corrected chi connectivity index (χ0v) is 19.2. The van der Waals surface area contributed by atoms with Crippen molar-refractivity contribution in [1.82, 2.24) is 15.0 Å². The fraction of sp³-hybridized carbons (Fsp3) is 0.880. The maximum absolute atomic E-state index is 13.1. The van der Waals surface area contributed by atoms with E-state index in [1.807, 2.05) is 6.92 Å². The van der Waals surface area contributed by atoms with Gasteiger partial charge in [-0.15, -0.1) is 0 Å². The molecule has 30 heavy (non-hydrogen) atoms. The number of hydrogen-bond acceptors (Lipinski definition) is 4. The zero-order chi connectivity index (χ0) is 21.4. The molecule has 1 aromatic rings. The van der Waals surface area contributed by atoms with Gasteiger partial charge in [0.2, 0.25) is 0 Å². The summed E-state index contributed by atoms with van der Waals surface area (Å²) in [7, 11) is 0. The summed E-state index contributed by atoms with van der Waals surface area (Å²) >= 11 is 0. The van der Waals surface area contributed by atoms with E-state index in [0.29, 0.717) is 24.2 Å². The Bertz CT molecular complexity index is 716. The summed E-state index contributed by atoms with van der Waals surface area (Å²) in [5, 5.41) is 19.1. The van der Waals surface area contributed by atoms with Crippen LogP contribution >= 0.6 is 0 Å². The van der Waals surface area contributed by atoms with Crippen molar-refractivity contribution in [2.75, 3.05) is 0 Å². The number of nitrogens with zero attached hydrogens (tertiary/aromatic N) is 3. The number of carbonyl (C=O) groups excluding carboxylic acids is 1. The van der Waals surface area contributed by atoms with E-state index in [-0.39, 0.29) is 11.3 Å². The molecule has 7 atom stereocenters. The quantitative estimate of drug-likeness (QED) is 0.646. The standard InChI is InChI=1S/C25H41N3O2/c1-4-5-11-24(2,30)16-18-6-7-20-19(15-18)10-12-25(3)21(20)8-9-22(25)23(29)17-28-26-13-14-27-28/h13-14,18-22,30H,4-12,15-17H2,1-3H3/t18-,19+,20+,21-,22+,24?,25-/m0/s1. The topological polar surface area (TPSA) is 68.0 Å². The van der Waals surface area contributed by atoms with Crippen LogP contribution in [-0.4, -0.2) is 31.5 Å². The lowest BCUT2D eigenvalue weighted by Gasteiger charge is -2.52. The zero-order valence-electron chi connectivity index (χ0n) is 19.2. The van der Waals surface area contributed by atoms with E-state index in [1.54, 1.807) is 17.2 Å². The fourth-order valence-electron chi connectivity index (χ4n) is 7.64. The van der Waals surface area contributed by atoms with Crippen molar-refractivity contribution in [1.29, 1.82) is 0 Å². The van der Waals surface area contributed by atoms with Gasteiger partial charge in [0.25, 0.3) is 0 Å². The molecule has 1 heterocycles. The average molecular weight is 416 g/mol. The Kier molecular flexibility index (Phi) is 6.39. The summed E-state index contributed by atoms with van der Waals surface area (Å²) in [6.45, 7) is 6.98. The van der Waals surface area contributed by atoms with Crippen LogP contribution in [0.3, 0.4) is 0 Å². The number of aliphatic hydroxyl groups is 1. The van der Waals surface area contributed by atoms with E-state index < -0.39 is 5.60 Å². The highest BCUT2D eigenvalue weighted by Gasteiger charge is 2.56. The SMILES string of the molecule is CCCCC(C)(O)C[C@H]1CC[C@@H]2[C@H](CC[C@]3(C)[C@@H](C(=O)Cn4nccn4)CC[C@@H]23)C1. The first-order valence-corrected chi connectivity index (χ1v) is 12.4. The Morgan fingerprint density at radius 1 is 1.20 bits per heavy atom. The summed E-state index contributed by atoms with van der Waals surface area (Å²) in [6, 6.07) is 0. The molecule has 0 amide bonds. The summed E-state index contributed by atoms with van der Waals surface area (Å²) in [5.41, 5.74) is -0.340. The van der Waals surface area contributed by atoms with E-state index in [4.69, 9.17) is 0 Å². The highest BCUT2D eigenvalue weighted by atomic mass is 16.3. The number of rotatable bonds is 8. The van der Waals surface area contributed by atoms with Crippen molar-refractivity contribution in [3.8, 4) is 0 Å². The van der Waals surface area contributed by atoms with E-state index in [1.165, 1.54) is 38.5 Å². The normalized spacial score (nSPS) is 37.9. The van der Waals surface area contributed by atoms with Crippen molar-refractivity contribution in [2.24, 2.45) is 35.0 Å². The Balaban J connectivity index is 1.37. The molecule has 168 valence electrons. The molecule has 5 heteroatoms. The van der Waals surface area contributed by atoms with Crippen molar-refractivity contribution in [3.05, 3.63) is 12.4 Å². The molecule has 3 aliphatic carbocycles. The number of hydrogen-bond donors (Lipinski definition) is 1. The number of ketones is 1. The van der Waals surface area contributed by atoms with Crippen LogP contribution < -0.4 is 0 Å². The Labute approximate surface area is 182 Å². The summed E-state index contributed by atoms with van der Waals surface area (Å²) in [6.07, 6.45) is 16.0. The van der Waals surface area contributed by atoms with Crippen LogP contribution in [0.2, 0.25) is 0 Å². The first kappa shape index (κ1) is 22.0. The molecule has 1 aromatic heterocycles. The van der Waals surface area contributed by atoms with Gasteiger partial charge in [0.1, 0.15) is 6.54 Å². The summed E-state index contributed by atoms with van der Waals surface area (Å²) in [4.78, 5) is 14.6. The molecule has 0 bridgehead atoms. The molecule has 3 saturated carbocycles. The van der Waals surface area contributed by atoms with E-state index in [2.05, 4.69) is 24.0 Å². The van der Waals surface area contributed by atoms with Crippen LogP contribution in [0.1, 0.15) is 91.4 Å². The number of unbranched alkanes of at least 4 members (excludes halogenated alkanes) is 1. The van der Waals surface area contributed by atoms with Gasteiger partial charge in [0, 0.05) is 5.92 Å². The van der Waals surface area contributed by atoms with Crippen molar-refractivity contribution in [2.45, 2.75) is 104 Å². The van der Waals surface area contributed by atoms with Gasteiger partial charge in [-0.1, -0.05) is 33.1 Å². The first-order chi connectivity index (χ1) is 14.3. The Morgan fingerprint density at radius 3 is 2.70 bits per heavy atom. The number of Topliss-reactive ketones (excluding diaryl/α,β-unsaturated/α-hetero) is 1. The summed E-state index contributed by atoms with van der Waals surface area (Å²) in [5.74, 6) is 3.44. The van der Waals surface area contributed by atoms with Gasteiger partial charge in [-0.25, -0.2) is 0 Å². The third-order valence-electron chi connectivity index (χ3n) is 9.08. The molecule has 1 unspecified atom stereocenters. The molecule has 5 nitrogen and oxygen atoms in total. The van der Waals surface area contributed by atoms with Gasteiger partial charge in [0.05, 0.1) is 18.0 Å². The molecule has 0 aliphatic heterocycles. The molecule has 0 saturated heterocycles. The second-order valence-electron chi connectivity index (χ2n) is 11.2. The van der Waals surface area contributed by atoms with Crippen molar-refractivity contribution < 1.29 is 9.90 Å². The maximum Gasteiger partial charge on any atom is 0.159 e. The van der Waals surface area contributed by atoms with Gasteiger partial charge < -0.3 is 5.11 Å². The molecule has 3 aliphatic rings. The van der Waals surface area contributed by atoms with Gasteiger partial charge in [-0.2, -0.15) is 15.0 Å². The number of fused-ring (bicyclic) bond motifs is 3. The van der Waals surface area contributed by atoms with Crippen LogP contribution in [0.5, 0.6) is 0 Å². The van der Waals surface area contributed by atoms with Crippen LogP contribution in [0.25, 0.3) is 0 Å². The molecule has 0 radical (unpaired) electrons. The van der Waals surface area contributed by atoms with Crippen LogP contribution in [0.4, 0.5) is 0 Å².